The molecule has 1 spiro atoms. The molecule has 0 saturated heterocycles. The summed E-state index contributed by atoms with van der Waals surface area (Å²) in [6, 6.07) is 73.1. The van der Waals surface area contributed by atoms with Crippen molar-refractivity contribution < 1.29 is 4.42 Å². The SMILES string of the molecule is Cc1cccc2c1oc1c(N(c3ccc(C#N)cc3)c3cc4c(c5ccccc35)-c3c(ccc5ccccc35)C43c4ccccc4-n4c5ccccc5c5cccc3c54)cccc12. The summed E-state index contributed by atoms with van der Waals surface area (Å²) in [5.41, 5.74) is 16.9. The standard InChI is InChI=1S/C59H35N3O/c1-35-13-10-20-44-45-21-12-26-52(58(45)63-57(35)44)61(38-30-27-36(34-60)28-31-38)53-33-49-55(42-18-5-4-16-40(42)53)54-39-15-3-2-14-37(39)29-32-47(54)59(49)46-22-7-9-25-51(46)62-50-24-8-6-17-41(50)43-19-11-23-48(59)56(43)62/h2-33H,1H3. The van der Waals surface area contributed by atoms with Crippen molar-refractivity contribution >= 4 is 82.4 Å². The zero-order valence-electron chi connectivity index (χ0n) is 34.2. The van der Waals surface area contributed by atoms with Gasteiger partial charge in [0.2, 0.25) is 0 Å². The van der Waals surface area contributed by atoms with Gasteiger partial charge in [-0.05, 0) is 111 Å². The molecule has 4 nitrogen and oxygen atoms in total. The highest BCUT2D eigenvalue weighted by atomic mass is 16.3. The zero-order valence-corrected chi connectivity index (χ0v) is 34.2. The Bertz CT molecular complexity index is 4010. The minimum Gasteiger partial charge on any atom is -0.454 e. The molecular weight excluding hydrogens is 767 g/mol. The predicted octanol–water partition coefficient (Wildman–Crippen LogP) is 15.3. The van der Waals surface area contributed by atoms with E-state index in [0.29, 0.717) is 5.56 Å². The summed E-state index contributed by atoms with van der Waals surface area (Å²) in [7, 11) is 0. The molecule has 3 heterocycles. The average Bonchev–Trinajstić information content (AvgIpc) is 4.00. The summed E-state index contributed by atoms with van der Waals surface area (Å²) in [5, 5.41) is 19.4. The molecule has 1 aliphatic heterocycles. The van der Waals surface area contributed by atoms with E-state index in [9.17, 15) is 5.26 Å². The number of nitrogens with zero attached hydrogens (tertiary/aromatic N) is 3. The molecule has 1 unspecified atom stereocenters. The molecule has 12 aromatic rings. The maximum atomic E-state index is 9.98. The number of furan rings is 1. The summed E-state index contributed by atoms with van der Waals surface area (Å²) < 4.78 is 9.46. The van der Waals surface area contributed by atoms with Crippen LogP contribution in [0.15, 0.2) is 199 Å². The van der Waals surface area contributed by atoms with E-state index in [0.717, 1.165) is 50.0 Å². The first-order valence-corrected chi connectivity index (χ1v) is 21.6. The van der Waals surface area contributed by atoms with E-state index in [1.807, 2.05) is 12.1 Å². The summed E-state index contributed by atoms with van der Waals surface area (Å²) in [6.45, 7) is 2.11. The van der Waals surface area contributed by atoms with E-state index >= 15 is 0 Å². The first-order chi connectivity index (χ1) is 31.1. The minimum absolute atomic E-state index is 0.610. The van der Waals surface area contributed by atoms with E-state index in [4.69, 9.17) is 4.42 Å². The van der Waals surface area contributed by atoms with E-state index < -0.39 is 5.41 Å². The maximum absolute atomic E-state index is 9.98. The third-order valence-corrected chi connectivity index (χ3v) is 14.1. The molecule has 0 fully saturated rings. The molecule has 0 N–H and O–H groups in total. The fourth-order valence-electron chi connectivity index (χ4n) is 11.6. The van der Waals surface area contributed by atoms with Gasteiger partial charge in [-0.3, -0.25) is 0 Å². The van der Waals surface area contributed by atoms with Crippen LogP contribution >= 0.6 is 0 Å². The molecule has 0 radical (unpaired) electrons. The van der Waals surface area contributed by atoms with E-state index in [-0.39, 0.29) is 0 Å². The third kappa shape index (κ3) is 4.28. The Morgan fingerprint density at radius 3 is 2.00 bits per heavy atom. The third-order valence-electron chi connectivity index (χ3n) is 14.1. The summed E-state index contributed by atoms with van der Waals surface area (Å²) in [4.78, 5) is 2.37. The second-order valence-corrected chi connectivity index (χ2v) is 17.1. The van der Waals surface area contributed by atoms with Gasteiger partial charge in [0.1, 0.15) is 5.58 Å². The monoisotopic (exact) mass is 801 g/mol. The fourth-order valence-corrected chi connectivity index (χ4v) is 11.6. The van der Waals surface area contributed by atoms with E-state index in [2.05, 4.69) is 204 Å². The molecule has 292 valence electrons. The Hall–Kier alpha value is -8.39. The number of hydrogen-bond donors (Lipinski definition) is 0. The van der Waals surface area contributed by atoms with Crippen LogP contribution in [0.4, 0.5) is 17.1 Å². The first-order valence-electron chi connectivity index (χ1n) is 21.6. The Balaban J connectivity index is 1.19. The van der Waals surface area contributed by atoms with Gasteiger partial charge >= 0.3 is 0 Å². The molecule has 0 saturated carbocycles. The number of aromatic nitrogens is 1. The largest absolute Gasteiger partial charge is 0.454 e. The van der Waals surface area contributed by atoms with Gasteiger partial charge in [0.25, 0.3) is 0 Å². The van der Waals surface area contributed by atoms with Crippen LogP contribution in [0.5, 0.6) is 0 Å². The lowest BCUT2D eigenvalue weighted by Crippen LogP contribution is -2.33. The second-order valence-electron chi connectivity index (χ2n) is 17.1. The summed E-state index contributed by atoms with van der Waals surface area (Å²) in [6.07, 6.45) is 0. The van der Waals surface area contributed by atoms with E-state index in [1.54, 1.807) is 0 Å². The minimum atomic E-state index is -0.688. The molecule has 10 aromatic carbocycles. The number of nitriles is 1. The highest BCUT2D eigenvalue weighted by Crippen LogP contribution is 2.64. The highest BCUT2D eigenvalue weighted by molar-refractivity contribution is 6.19. The summed E-state index contributed by atoms with van der Waals surface area (Å²) in [5.74, 6) is 0. The van der Waals surface area contributed by atoms with Crippen molar-refractivity contribution in [1.29, 1.82) is 5.26 Å². The Labute approximate surface area is 362 Å². The Morgan fingerprint density at radius 2 is 1.14 bits per heavy atom. The zero-order chi connectivity index (χ0) is 41.6. The van der Waals surface area contributed by atoms with Crippen molar-refractivity contribution in [3.63, 3.8) is 0 Å². The quantitative estimate of drug-likeness (QED) is 0.179. The van der Waals surface area contributed by atoms with Gasteiger partial charge in [0.05, 0.1) is 45.1 Å². The number of aryl methyl sites for hydroxylation is 1. The lowest BCUT2D eigenvalue weighted by Gasteiger charge is -2.40. The van der Waals surface area contributed by atoms with Gasteiger partial charge in [-0.2, -0.15) is 5.26 Å². The van der Waals surface area contributed by atoms with Gasteiger partial charge in [-0.15, -0.1) is 0 Å². The topological polar surface area (TPSA) is 45.1 Å². The van der Waals surface area contributed by atoms with Crippen LogP contribution in [0.3, 0.4) is 0 Å². The molecule has 0 bridgehead atoms. The van der Waals surface area contributed by atoms with Gasteiger partial charge in [-0.25, -0.2) is 0 Å². The number of benzene rings is 10. The van der Waals surface area contributed by atoms with Gasteiger partial charge < -0.3 is 13.9 Å². The van der Waals surface area contributed by atoms with Crippen LogP contribution in [-0.2, 0) is 5.41 Å². The van der Waals surface area contributed by atoms with Gasteiger partial charge in [-0.1, -0.05) is 146 Å². The first kappa shape index (κ1) is 34.3. The van der Waals surface area contributed by atoms with Crippen molar-refractivity contribution in [2.24, 2.45) is 0 Å². The van der Waals surface area contributed by atoms with Crippen molar-refractivity contribution in [2.75, 3.05) is 4.90 Å². The molecule has 63 heavy (non-hydrogen) atoms. The number of para-hydroxylation sites is 5. The van der Waals surface area contributed by atoms with Crippen LogP contribution in [-0.4, -0.2) is 4.57 Å². The van der Waals surface area contributed by atoms with Crippen LogP contribution in [0.2, 0.25) is 0 Å². The highest BCUT2D eigenvalue weighted by Gasteiger charge is 2.52. The van der Waals surface area contributed by atoms with Gasteiger partial charge in [0.15, 0.2) is 5.58 Å². The molecule has 0 amide bonds. The molecule has 14 rings (SSSR count). The number of anilines is 3. The Kier molecular flexibility index (Phi) is 6.73. The van der Waals surface area contributed by atoms with Crippen LogP contribution in [0.25, 0.3) is 82.1 Å². The second kappa shape index (κ2) is 12.4. The molecule has 1 atom stereocenters. The van der Waals surface area contributed by atoms with Crippen molar-refractivity contribution in [1.82, 2.24) is 4.57 Å². The molecule has 2 aromatic heterocycles. The molecule has 1 aliphatic carbocycles. The number of fused-ring (bicyclic) bond motifs is 19. The normalized spacial score (nSPS) is 14.8. The fraction of sp³-hybridized carbons (Fsp3) is 0.0339. The predicted molar refractivity (Wildman–Crippen MR) is 258 cm³/mol. The van der Waals surface area contributed by atoms with E-state index in [1.165, 1.54) is 77.0 Å². The number of hydrogen-bond acceptors (Lipinski definition) is 3. The smallest absolute Gasteiger partial charge is 0.159 e. The maximum Gasteiger partial charge on any atom is 0.159 e. The summed E-state index contributed by atoms with van der Waals surface area (Å²) >= 11 is 0. The van der Waals surface area contributed by atoms with Crippen molar-refractivity contribution in [2.45, 2.75) is 12.3 Å². The Morgan fingerprint density at radius 1 is 0.492 bits per heavy atom. The number of rotatable bonds is 3. The molecule has 2 aliphatic rings. The lowest BCUT2D eigenvalue weighted by molar-refractivity contribution is 0.666. The van der Waals surface area contributed by atoms with Crippen LogP contribution < -0.4 is 4.90 Å². The molecule has 4 heteroatoms. The van der Waals surface area contributed by atoms with Gasteiger partial charge in [0, 0.05) is 32.6 Å². The van der Waals surface area contributed by atoms with Crippen LogP contribution in [0.1, 0.15) is 33.4 Å². The van der Waals surface area contributed by atoms with Crippen molar-refractivity contribution in [3.8, 4) is 22.9 Å². The van der Waals surface area contributed by atoms with Crippen molar-refractivity contribution in [3.05, 3.63) is 228 Å². The van der Waals surface area contributed by atoms with Crippen LogP contribution in [0, 0.1) is 18.3 Å². The molecular formula is C59H35N3O. The average molecular weight is 802 g/mol. The lowest BCUT2D eigenvalue weighted by atomic mass is 9.65.